The number of halogens is 12. The van der Waals surface area contributed by atoms with Gasteiger partial charge < -0.3 is 48.7 Å². The number of nitrogens with one attached hydrogen (secondary N) is 7. The molecule has 10 aromatic rings. The highest BCUT2D eigenvalue weighted by Gasteiger charge is 2.48. The third kappa shape index (κ3) is 22.1. The number of nitriles is 2. The van der Waals surface area contributed by atoms with Gasteiger partial charge in [-0.05, 0) is 129 Å². The molecule has 610 valence electrons. The smallest absolute Gasteiger partial charge is 0.369 e. The number of hydrogen-bond donors (Lipinski definition) is 9. The molecule has 13 rings (SSSR count). The summed E-state index contributed by atoms with van der Waals surface area (Å²) in [5, 5.41) is 43.8. The molecule has 10 aromatic heterocycles. The molecule has 3 amide bonds. The van der Waals surface area contributed by atoms with Crippen LogP contribution in [0.4, 0.5) is 113 Å². The van der Waals surface area contributed by atoms with Crippen LogP contribution in [0.15, 0.2) is 31.0 Å². The van der Waals surface area contributed by atoms with E-state index in [1.807, 2.05) is 19.9 Å². The maximum Gasteiger partial charge on any atom is 0.419 e. The van der Waals surface area contributed by atoms with Crippen molar-refractivity contribution >= 4 is 135 Å². The lowest BCUT2D eigenvalue weighted by Gasteiger charge is -2.16. The van der Waals surface area contributed by atoms with Gasteiger partial charge in [-0.25, -0.2) is 69.8 Å². The molecule has 46 heteroatoms. The summed E-state index contributed by atoms with van der Waals surface area (Å²) in [4.78, 5) is 95.2. The number of carbonyl (C=O) groups is 3. The number of thiazole rings is 5. The van der Waals surface area contributed by atoms with E-state index >= 15 is 0 Å². The minimum Gasteiger partial charge on any atom is -0.369 e. The van der Waals surface area contributed by atoms with Crippen molar-refractivity contribution in [1.29, 1.82) is 10.5 Å². The first-order valence-electron chi connectivity index (χ1n) is 34.2. The highest BCUT2D eigenvalue weighted by molar-refractivity contribution is 7.18. The number of rotatable bonds is 19. The van der Waals surface area contributed by atoms with Crippen molar-refractivity contribution in [1.82, 2.24) is 80.1 Å². The molecule has 115 heavy (non-hydrogen) atoms. The molecule has 0 unspecified atom stereocenters. The molecule has 3 saturated carbocycles. The molecule has 0 bridgehead atoms. The summed E-state index contributed by atoms with van der Waals surface area (Å²) in [6.07, 6.45) is -7.77. The van der Waals surface area contributed by atoms with E-state index in [9.17, 15) is 72.3 Å². The van der Waals surface area contributed by atoms with Gasteiger partial charge in [0.05, 0.1) is 90.4 Å². The van der Waals surface area contributed by atoms with Gasteiger partial charge in [0.25, 0.3) is 5.91 Å². The minimum absolute atomic E-state index is 0.0145. The predicted octanol–water partition coefficient (Wildman–Crippen LogP) is 16.0. The van der Waals surface area contributed by atoms with Gasteiger partial charge in [-0.15, -0.1) is 0 Å². The first-order valence-corrected chi connectivity index (χ1v) is 38.3. The quantitative estimate of drug-likeness (QED) is 0.0340. The van der Waals surface area contributed by atoms with Crippen LogP contribution in [-0.4, -0.2) is 106 Å². The average Bonchev–Trinajstić information content (AvgIpc) is 1.61. The summed E-state index contributed by atoms with van der Waals surface area (Å²) in [5.41, 5.74) is 8.94. The minimum atomic E-state index is -4.49. The number of amides is 3. The zero-order valence-corrected chi connectivity index (χ0v) is 67.4. The van der Waals surface area contributed by atoms with E-state index in [2.05, 4.69) is 118 Å². The van der Waals surface area contributed by atoms with Crippen LogP contribution in [0.25, 0.3) is 0 Å². The molecular formula is C69H72F12N26O3S5. The van der Waals surface area contributed by atoms with Crippen LogP contribution in [0, 0.1) is 85.0 Å². The number of primary amides is 2. The summed E-state index contributed by atoms with van der Waals surface area (Å²) in [6, 6.07) is 4.69. The van der Waals surface area contributed by atoms with Crippen molar-refractivity contribution in [2.75, 3.05) is 38.9 Å². The lowest BCUT2D eigenvalue weighted by Crippen LogP contribution is -2.35. The Kier molecular flexibility index (Phi) is 26.4. The van der Waals surface area contributed by atoms with Crippen LogP contribution in [0.3, 0.4) is 0 Å². The fourth-order valence-electron chi connectivity index (χ4n) is 9.60. The van der Waals surface area contributed by atoms with Gasteiger partial charge in [0, 0.05) is 55.6 Å². The predicted molar refractivity (Wildman–Crippen MR) is 407 cm³/mol. The monoisotopic (exact) mass is 1700 g/mol. The molecule has 0 aromatic carbocycles. The lowest BCUT2D eigenvalue weighted by atomic mass is 9.94. The molecule has 0 saturated heterocycles. The molecule has 29 nitrogen and oxygen atoms in total. The molecule has 3 fully saturated rings. The SMILES string of the molecule is CNC(=O)c1nc(C)c(Nc2ncc(C(F)(F)F)c(C)n2)s1.Cc1cnc(Nc2sc(C(C)(C)C(N)=O)nc2C)nc1NC1CC1.Cc1nc(C(C)(C)C(N)=O)sc1Nc1ncc(C(F)(F)F)c(C2CC2)n1.Cc1nc(Nc2sc(C#N)nc2C)ncc1C(F)(F)F.Cc1nc(Nc2sc(C3(C#N)CC3)nc2C)ncc1C(F)(F)F. The van der Waals surface area contributed by atoms with Crippen molar-refractivity contribution in [2.45, 2.75) is 181 Å². The van der Waals surface area contributed by atoms with Crippen LogP contribution < -0.4 is 48.7 Å². The Bertz CT molecular complexity index is 5360. The third-order valence-electron chi connectivity index (χ3n) is 17.1. The third-order valence-corrected chi connectivity index (χ3v) is 23.3. The number of carbonyl (C=O) groups excluding carboxylic acids is 3. The van der Waals surface area contributed by atoms with E-state index in [4.69, 9.17) is 16.7 Å². The van der Waals surface area contributed by atoms with Crippen LogP contribution >= 0.6 is 56.7 Å². The Hall–Kier alpha value is -11.1. The van der Waals surface area contributed by atoms with Crippen molar-refractivity contribution < 1.29 is 67.1 Å². The summed E-state index contributed by atoms with van der Waals surface area (Å²) < 4.78 is 153. The second kappa shape index (κ2) is 34.5. The van der Waals surface area contributed by atoms with E-state index in [1.165, 1.54) is 74.7 Å². The fraction of sp³-hybridized carbons (Fsp3) is 0.420. The van der Waals surface area contributed by atoms with Gasteiger partial charge >= 0.3 is 24.7 Å². The number of hydrogen-bond acceptors (Lipinski definition) is 31. The van der Waals surface area contributed by atoms with Crippen molar-refractivity contribution in [3.63, 3.8) is 0 Å². The molecule has 10 heterocycles. The highest BCUT2D eigenvalue weighted by atomic mass is 32.1. The first kappa shape index (κ1) is 87.9. The molecule has 0 spiro atoms. The average molecular weight is 1700 g/mol. The van der Waals surface area contributed by atoms with Gasteiger partial charge in [0.2, 0.25) is 41.6 Å². The Balaban J connectivity index is 0.000000165. The van der Waals surface area contributed by atoms with Crippen molar-refractivity contribution in [2.24, 2.45) is 11.5 Å². The van der Waals surface area contributed by atoms with Gasteiger partial charge in [0.1, 0.15) is 57.3 Å². The highest BCUT2D eigenvalue weighted by Crippen LogP contribution is 2.51. The number of aromatic nitrogens is 15. The van der Waals surface area contributed by atoms with E-state index in [-0.39, 0.29) is 68.4 Å². The molecule has 11 N–H and O–H groups in total. The van der Waals surface area contributed by atoms with Gasteiger partial charge in [0.15, 0.2) is 10.0 Å². The van der Waals surface area contributed by atoms with E-state index in [1.54, 1.807) is 61.6 Å². The number of aryl methyl sites for hydroxylation is 9. The molecule has 0 aliphatic heterocycles. The van der Waals surface area contributed by atoms with Crippen molar-refractivity contribution in [3.05, 3.63) is 135 Å². The Morgan fingerprint density at radius 2 is 0.817 bits per heavy atom. The van der Waals surface area contributed by atoms with Crippen LogP contribution in [-0.2, 0) is 50.5 Å². The largest absolute Gasteiger partial charge is 0.419 e. The Morgan fingerprint density at radius 1 is 0.452 bits per heavy atom. The first-order chi connectivity index (χ1) is 53.5. The van der Waals surface area contributed by atoms with Crippen LogP contribution in [0.1, 0.15) is 181 Å². The Morgan fingerprint density at radius 3 is 1.18 bits per heavy atom. The zero-order chi connectivity index (χ0) is 85.0. The topological polar surface area (TPSA) is 428 Å². The van der Waals surface area contributed by atoms with E-state index in [0.29, 0.717) is 77.6 Å². The Labute approximate surface area is 668 Å². The summed E-state index contributed by atoms with van der Waals surface area (Å²) >= 11 is 6.07. The second-order valence-corrected chi connectivity index (χ2v) is 32.1. The van der Waals surface area contributed by atoms with E-state index in [0.717, 1.165) is 87.4 Å². The summed E-state index contributed by atoms with van der Waals surface area (Å²) in [5.74, 6) is 0.143. The fourth-order valence-corrected chi connectivity index (χ4v) is 14.6. The van der Waals surface area contributed by atoms with E-state index < -0.39 is 75.0 Å². The van der Waals surface area contributed by atoms with Gasteiger partial charge in [-0.2, -0.15) is 68.2 Å². The van der Waals surface area contributed by atoms with Gasteiger partial charge in [-0.3, -0.25) is 14.4 Å². The molecule has 0 atom stereocenters. The maximum absolute atomic E-state index is 13.1. The lowest BCUT2D eigenvalue weighted by molar-refractivity contribution is -0.139. The molecule has 0 radical (unpaired) electrons. The molecular weight excluding hydrogens is 1630 g/mol. The van der Waals surface area contributed by atoms with Crippen LogP contribution in [0.2, 0.25) is 0 Å². The number of nitrogens with two attached hydrogens (primary N) is 2. The standard InChI is InChI=1S/C16H18F3N5OS.C16H22N6OS.C14H12F3N5S.C12H12F3N5OS.C11H8F3N5S/c1-7-11(26-13(22-7)15(2,3)12(20)25)24-14-21-6-9(16(17,18)19)10(23-14)8-4-5-8;1-8-7-18-15(21-11(8)20-10-5-6-10)22-12-9(2)19-14(24-12)16(3,4)13(17)23;1-7-9(14(15,16)17)5-19-12(21-7)22-10-8(2)20-11(23-10)13(6-18)3-4-13;1-5-7(12(13,14)15)4-17-11(19-5)20-9-6(2)18-10(22-9)8(21)16-3;1-5-7(11(12,13)14)4-16-10(18-5)19-9-6(2)17-8(3-15)20-9/h6,8H,4-5H2,1-3H3,(H2,20,25)(H,21,23,24);7,10H,5-6H2,1-4H3,(H2,17,23)(H2,18,20,21,22);5H,3-4H2,1-2H3,(H,19,21,22);4H,1-3H3,(H,16,21)(H,17,19,20);4H,1-2H3,(H,16,18,19). The van der Waals surface area contributed by atoms with Gasteiger partial charge in [-0.1, -0.05) is 56.7 Å². The zero-order valence-electron chi connectivity index (χ0n) is 63.3. The normalized spacial score (nSPS) is 13.8. The number of alkyl halides is 12. The number of nitrogens with zero attached hydrogens (tertiary/aromatic N) is 17. The molecule has 3 aliphatic carbocycles. The van der Waals surface area contributed by atoms with Crippen molar-refractivity contribution in [3.8, 4) is 12.1 Å². The van der Waals surface area contributed by atoms with Crippen LogP contribution in [0.5, 0.6) is 0 Å². The second-order valence-electron chi connectivity index (χ2n) is 27.1. The summed E-state index contributed by atoms with van der Waals surface area (Å²) in [6.45, 7) is 21.4. The maximum atomic E-state index is 13.1. The molecule has 3 aliphatic rings. The number of anilines is 11. The summed E-state index contributed by atoms with van der Waals surface area (Å²) in [7, 11) is 1.48.